The summed E-state index contributed by atoms with van der Waals surface area (Å²) >= 11 is 0. The summed E-state index contributed by atoms with van der Waals surface area (Å²) in [6.07, 6.45) is 5.29. The number of rotatable bonds is 4. The summed E-state index contributed by atoms with van der Waals surface area (Å²) in [6, 6.07) is 7.13. The highest BCUT2D eigenvalue weighted by atomic mass is 32.2. The van der Waals surface area contributed by atoms with E-state index < -0.39 is 16.1 Å². The molecule has 1 N–H and O–H groups in total. The third-order valence-electron chi connectivity index (χ3n) is 2.40. The van der Waals surface area contributed by atoms with Crippen molar-refractivity contribution in [2.75, 3.05) is 0 Å². The van der Waals surface area contributed by atoms with E-state index in [1.807, 2.05) is 19.9 Å². The molecule has 1 unspecified atom stereocenters. The molecule has 5 heteroatoms. The van der Waals surface area contributed by atoms with Crippen molar-refractivity contribution in [2.45, 2.75) is 24.8 Å². The van der Waals surface area contributed by atoms with Gasteiger partial charge in [-0.05, 0) is 24.1 Å². The van der Waals surface area contributed by atoms with Crippen LogP contribution in [0.3, 0.4) is 0 Å². The lowest BCUT2D eigenvalue weighted by molar-refractivity contribution is 0.518. The molecule has 0 aliphatic rings. The highest BCUT2D eigenvalue weighted by Gasteiger charge is 2.20. The Labute approximate surface area is 108 Å². The Hall–Kier alpha value is -1.82. The number of nitrogens with zero attached hydrogens (tertiary/aromatic N) is 1. The average molecular weight is 262 g/mol. The molecule has 18 heavy (non-hydrogen) atoms. The number of sulfonamides is 1. The topological polar surface area (TPSA) is 70.0 Å². The maximum absolute atomic E-state index is 12.1. The highest BCUT2D eigenvalue weighted by molar-refractivity contribution is 7.89. The second-order valence-corrected chi connectivity index (χ2v) is 5.86. The van der Waals surface area contributed by atoms with Crippen LogP contribution in [0.4, 0.5) is 0 Å². The van der Waals surface area contributed by atoms with Gasteiger partial charge in [-0.15, -0.1) is 6.42 Å². The van der Waals surface area contributed by atoms with Gasteiger partial charge in [-0.1, -0.05) is 25.8 Å². The minimum Gasteiger partial charge on any atom is -0.207 e. The zero-order valence-corrected chi connectivity index (χ0v) is 11.0. The summed E-state index contributed by atoms with van der Waals surface area (Å²) in [4.78, 5) is 0.0439. The lowest BCUT2D eigenvalue weighted by atomic mass is 10.1. The van der Waals surface area contributed by atoms with Gasteiger partial charge in [0.1, 0.15) is 0 Å². The molecule has 0 aliphatic heterocycles. The standard InChI is InChI=1S/C13H14N2O2S/c1-4-13(10(2)3)15-18(16,17)12-7-5-6-11(8-12)9-14/h1,5-8,10,13,15H,2-3H3. The summed E-state index contributed by atoms with van der Waals surface area (Å²) in [7, 11) is -3.69. The summed E-state index contributed by atoms with van der Waals surface area (Å²) in [6.45, 7) is 3.66. The molecule has 0 radical (unpaired) electrons. The number of benzene rings is 1. The van der Waals surface area contributed by atoms with Crippen molar-refractivity contribution < 1.29 is 8.42 Å². The molecular formula is C13H14N2O2S. The molecule has 0 amide bonds. The van der Waals surface area contributed by atoms with Gasteiger partial charge >= 0.3 is 0 Å². The fourth-order valence-corrected chi connectivity index (χ4v) is 2.68. The molecule has 4 nitrogen and oxygen atoms in total. The van der Waals surface area contributed by atoms with E-state index in [9.17, 15) is 8.42 Å². The minimum atomic E-state index is -3.69. The molecule has 1 atom stereocenters. The van der Waals surface area contributed by atoms with Crippen LogP contribution in [0.2, 0.25) is 0 Å². The molecule has 1 aromatic carbocycles. The number of nitriles is 1. The zero-order chi connectivity index (χ0) is 13.8. The van der Waals surface area contributed by atoms with Crippen molar-refractivity contribution >= 4 is 10.0 Å². The first-order valence-electron chi connectivity index (χ1n) is 5.39. The van der Waals surface area contributed by atoms with Gasteiger partial charge in [0.2, 0.25) is 10.0 Å². The summed E-state index contributed by atoms with van der Waals surface area (Å²) < 4.78 is 26.6. The van der Waals surface area contributed by atoms with Crippen molar-refractivity contribution in [1.29, 1.82) is 5.26 Å². The molecule has 0 bridgehead atoms. The molecule has 1 rings (SSSR count). The Bertz CT molecular complexity index is 607. The summed E-state index contributed by atoms with van der Waals surface area (Å²) in [5.41, 5.74) is 0.291. The van der Waals surface area contributed by atoms with Crippen molar-refractivity contribution in [2.24, 2.45) is 5.92 Å². The number of hydrogen-bond donors (Lipinski definition) is 1. The van der Waals surface area contributed by atoms with Gasteiger partial charge in [0, 0.05) is 0 Å². The predicted molar refractivity (Wildman–Crippen MR) is 68.9 cm³/mol. The quantitative estimate of drug-likeness (QED) is 0.836. The third-order valence-corrected chi connectivity index (χ3v) is 3.84. The molecule has 0 aromatic heterocycles. The van der Waals surface area contributed by atoms with Crippen molar-refractivity contribution in [1.82, 2.24) is 4.72 Å². The van der Waals surface area contributed by atoms with Gasteiger partial charge in [-0.3, -0.25) is 0 Å². The average Bonchev–Trinajstić information content (AvgIpc) is 2.35. The number of terminal acetylenes is 1. The van der Waals surface area contributed by atoms with Gasteiger partial charge in [0.15, 0.2) is 0 Å². The second kappa shape index (κ2) is 5.68. The monoisotopic (exact) mass is 262 g/mol. The lowest BCUT2D eigenvalue weighted by Crippen LogP contribution is -2.37. The van der Waals surface area contributed by atoms with Gasteiger partial charge in [-0.25, -0.2) is 8.42 Å². The van der Waals surface area contributed by atoms with Crippen LogP contribution in [0, 0.1) is 29.6 Å². The van der Waals surface area contributed by atoms with Crippen LogP contribution in [-0.2, 0) is 10.0 Å². The first kappa shape index (κ1) is 14.2. The van der Waals surface area contributed by atoms with E-state index in [1.165, 1.54) is 18.2 Å². The summed E-state index contributed by atoms with van der Waals surface area (Å²) in [5, 5.41) is 8.75. The van der Waals surface area contributed by atoms with Crippen LogP contribution in [-0.4, -0.2) is 14.5 Å². The maximum atomic E-state index is 12.1. The Kier molecular flexibility index (Phi) is 4.49. The van der Waals surface area contributed by atoms with Crippen molar-refractivity contribution in [3.63, 3.8) is 0 Å². The van der Waals surface area contributed by atoms with Crippen LogP contribution >= 0.6 is 0 Å². The van der Waals surface area contributed by atoms with E-state index in [4.69, 9.17) is 11.7 Å². The van der Waals surface area contributed by atoms with E-state index in [2.05, 4.69) is 10.6 Å². The van der Waals surface area contributed by atoms with Crippen LogP contribution in [0.1, 0.15) is 19.4 Å². The van der Waals surface area contributed by atoms with Gasteiger partial charge in [-0.2, -0.15) is 9.98 Å². The fourth-order valence-electron chi connectivity index (χ4n) is 1.33. The molecule has 94 valence electrons. The number of nitrogens with one attached hydrogen (secondary N) is 1. The van der Waals surface area contributed by atoms with E-state index >= 15 is 0 Å². The minimum absolute atomic E-state index is 0.0103. The second-order valence-electron chi connectivity index (χ2n) is 4.15. The fraction of sp³-hybridized carbons (Fsp3) is 0.308. The van der Waals surface area contributed by atoms with Gasteiger partial charge < -0.3 is 0 Å². The van der Waals surface area contributed by atoms with Crippen molar-refractivity contribution in [3.05, 3.63) is 29.8 Å². The highest BCUT2D eigenvalue weighted by Crippen LogP contribution is 2.13. The van der Waals surface area contributed by atoms with E-state index in [0.717, 1.165) is 0 Å². The van der Waals surface area contributed by atoms with E-state index in [1.54, 1.807) is 6.07 Å². The SMILES string of the molecule is C#CC(NS(=O)(=O)c1cccc(C#N)c1)C(C)C. The third kappa shape index (κ3) is 3.33. The molecule has 1 aromatic rings. The van der Waals surface area contributed by atoms with E-state index in [-0.39, 0.29) is 10.8 Å². The van der Waals surface area contributed by atoms with Crippen LogP contribution in [0.15, 0.2) is 29.2 Å². The molecule has 0 spiro atoms. The predicted octanol–water partition coefficient (Wildman–Crippen LogP) is 1.49. The Morgan fingerprint density at radius 3 is 2.56 bits per heavy atom. The normalized spacial score (nSPS) is 12.7. The van der Waals surface area contributed by atoms with Crippen LogP contribution < -0.4 is 4.72 Å². The first-order chi connectivity index (χ1) is 8.40. The van der Waals surface area contributed by atoms with Crippen molar-refractivity contribution in [3.8, 4) is 18.4 Å². The van der Waals surface area contributed by atoms with E-state index in [0.29, 0.717) is 5.56 Å². The lowest BCUT2D eigenvalue weighted by Gasteiger charge is -2.16. The largest absolute Gasteiger partial charge is 0.241 e. The number of hydrogen-bond acceptors (Lipinski definition) is 3. The van der Waals surface area contributed by atoms with Crippen LogP contribution in [0.5, 0.6) is 0 Å². The first-order valence-corrected chi connectivity index (χ1v) is 6.87. The summed E-state index contributed by atoms with van der Waals surface area (Å²) in [5.74, 6) is 2.39. The Balaban J connectivity index is 3.08. The molecule has 0 fully saturated rings. The molecule has 0 saturated heterocycles. The molecule has 0 saturated carbocycles. The smallest absolute Gasteiger partial charge is 0.207 e. The maximum Gasteiger partial charge on any atom is 0.241 e. The van der Waals surface area contributed by atoms with Crippen LogP contribution in [0.25, 0.3) is 0 Å². The molecule has 0 heterocycles. The zero-order valence-electron chi connectivity index (χ0n) is 10.2. The Morgan fingerprint density at radius 2 is 2.06 bits per heavy atom. The molecular weight excluding hydrogens is 248 g/mol. The molecule has 0 aliphatic carbocycles. The Morgan fingerprint density at radius 1 is 1.39 bits per heavy atom. The van der Waals surface area contributed by atoms with Gasteiger partial charge in [0.05, 0.1) is 22.6 Å². The van der Waals surface area contributed by atoms with Gasteiger partial charge in [0.25, 0.3) is 0 Å².